The highest BCUT2D eigenvalue weighted by atomic mass is 16.5. The summed E-state index contributed by atoms with van der Waals surface area (Å²) in [5.41, 5.74) is 1.78. The monoisotopic (exact) mass is 282 g/mol. The summed E-state index contributed by atoms with van der Waals surface area (Å²) < 4.78 is 5.67. The third kappa shape index (κ3) is 3.94. The Kier molecular flexibility index (Phi) is 5.15. The first-order chi connectivity index (χ1) is 10.1. The molecule has 2 aromatic carbocycles. The minimum Gasteiger partial charge on any atom is -0.491 e. The molecule has 2 heteroatoms. The molecule has 0 fully saturated rings. The second-order valence-corrected chi connectivity index (χ2v) is 5.43. The van der Waals surface area contributed by atoms with Gasteiger partial charge in [-0.25, -0.2) is 0 Å². The lowest BCUT2D eigenvalue weighted by atomic mass is 9.88. The summed E-state index contributed by atoms with van der Waals surface area (Å²) in [4.78, 5) is 12.8. The van der Waals surface area contributed by atoms with Crippen molar-refractivity contribution in [3.05, 3.63) is 65.7 Å². The zero-order valence-corrected chi connectivity index (χ0v) is 12.9. The summed E-state index contributed by atoms with van der Waals surface area (Å²) in [6.07, 6.45) is 0.893. The second kappa shape index (κ2) is 7.07. The normalized spacial score (nSPS) is 12.2. The van der Waals surface area contributed by atoms with Crippen LogP contribution in [-0.2, 0) is 0 Å². The molecule has 0 aliphatic carbocycles. The standard InChI is InChI=1S/C19H22O2/c1-4-18(15-9-6-5-7-10-15)19(20)16-11-8-12-17(13-16)21-14(2)3/h5-14,18H,4H2,1-3H3. The predicted octanol–water partition coefficient (Wildman–Crippen LogP) is 4.85. The molecule has 0 spiro atoms. The lowest BCUT2D eigenvalue weighted by Crippen LogP contribution is -2.13. The van der Waals surface area contributed by atoms with Crippen LogP contribution in [0.2, 0.25) is 0 Å². The molecule has 0 radical (unpaired) electrons. The van der Waals surface area contributed by atoms with Crippen molar-refractivity contribution in [3.8, 4) is 5.75 Å². The zero-order valence-electron chi connectivity index (χ0n) is 12.9. The Morgan fingerprint density at radius 2 is 1.76 bits per heavy atom. The summed E-state index contributed by atoms with van der Waals surface area (Å²) in [7, 11) is 0. The maximum Gasteiger partial charge on any atom is 0.170 e. The number of hydrogen-bond donors (Lipinski definition) is 0. The van der Waals surface area contributed by atoms with Gasteiger partial charge in [0.15, 0.2) is 5.78 Å². The van der Waals surface area contributed by atoms with Gasteiger partial charge in [-0.3, -0.25) is 4.79 Å². The molecule has 0 bridgehead atoms. The number of carbonyl (C=O) groups is 1. The van der Waals surface area contributed by atoms with Gasteiger partial charge in [-0.05, 0) is 38.0 Å². The van der Waals surface area contributed by atoms with Crippen LogP contribution in [0.5, 0.6) is 5.75 Å². The van der Waals surface area contributed by atoms with E-state index in [1.54, 1.807) is 0 Å². The first kappa shape index (κ1) is 15.3. The number of rotatable bonds is 6. The Balaban J connectivity index is 2.26. The third-order valence-corrected chi connectivity index (χ3v) is 3.42. The number of ketones is 1. The Bertz CT molecular complexity index is 588. The predicted molar refractivity (Wildman–Crippen MR) is 86.0 cm³/mol. The number of hydrogen-bond acceptors (Lipinski definition) is 2. The summed E-state index contributed by atoms with van der Waals surface area (Å²) in [6.45, 7) is 6.00. The van der Waals surface area contributed by atoms with Crippen molar-refractivity contribution in [3.63, 3.8) is 0 Å². The first-order valence-electron chi connectivity index (χ1n) is 7.47. The van der Waals surface area contributed by atoms with Gasteiger partial charge in [0.25, 0.3) is 0 Å². The fourth-order valence-electron chi connectivity index (χ4n) is 2.45. The summed E-state index contributed by atoms with van der Waals surface area (Å²) in [5, 5.41) is 0. The van der Waals surface area contributed by atoms with Gasteiger partial charge in [0.05, 0.1) is 6.10 Å². The Hall–Kier alpha value is -2.09. The summed E-state index contributed by atoms with van der Waals surface area (Å²) >= 11 is 0. The maximum atomic E-state index is 12.8. The molecule has 1 atom stereocenters. The molecule has 0 N–H and O–H groups in total. The molecule has 1 unspecified atom stereocenters. The van der Waals surface area contributed by atoms with Crippen LogP contribution in [0, 0.1) is 0 Å². The van der Waals surface area contributed by atoms with Gasteiger partial charge in [0.1, 0.15) is 5.75 Å². The summed E-state index contributed by atoms with van der Waals surface area (Å²) in [6, 6.07) is 17.4. The van der Waals surface area contributed by atoms with Crippen molar-refractivity contribution in [2.24, 2.45) is 0 Å². The van der Waals surface area contributed by atoms with E-state index < -0.39 is 0 Å². The van der Waals surface area contributed by atoms with Crippen molar-refractivity contribution < 1.29 is 9.53 Å². The maximum absolute atomic E-state index is 12.8. The molecule has 110 valence electrons. The number of Topliss-reactive ketones (excluding diaryl/α,β-unsaturated/α-hetero) is 1. The highest BCUT2D eigenvalue weighted by Gasteiger charge is 2.20. The van der Waals surface area contributed by atoms with Crippen molar-refractivity contribution in [1.82, 2.24) is 0 Å². The molecular weight excluding hydrogens is 260 g/mol. The van der Waals surface area contributed by atoms with E-state index in [2.05, 4.69) is 0 Å². The van der Waals surface area contributed by atoms with Gasteiger partial charge in [0, 0.05) is 11.5 Å². The van der Waals surface area contributed by atoms with Crippen LogP contribution in [0.1, 0.15) is 49.0 Å². The molecule has 0 aliphatic heterocycles. The van der Waals surface area contributed by atoms with Crippen LogP contribution in [0.4, 0.5) is 0 Å². The highest BCUT2D eigenvalue weighted by molar-refractivity contribution is 6.01. The molecule has 0 aromatic heterocycles. The van der Waals surface area contributed by atoms with Gasteiger partial charge in [-0.15, -0.1) is 0 Å². The van der Waals surface area contributed by atoms with E-state index >= 15 is 0 Å². The van der Waals surface area contributed by atoms with Crippen molar-refractivity contribution in [2.45, 2.75) is 39.2 Å². The topological polar surface area (TPSA) is 26.3 Å². The molecule has 2 nitrogen and oxygen atoms in total. The zero-order chi connectivity index (χ0) is 15.2. The smallest absolute Gasteiger partial charge is 0.170 e. The van der Waals surface area contributed by atoms with E-state index in [4.69, 9.17) is 4.74 Å². The molecule has 2 aromatic rings. The van der Waals surface area contributed by atoms with Crippen LogP contribution in [0.3, 0.4) is 0 Å². The molecule has 0 aliphatic rings. The van der Waals surface area contributed by atoms with Gasteiger partial charge < -0.3 is 4.74 Å². The Morgan fingerprint density at radius 1 is 1.05 bits per heavy atom. The molecular formula is C19H22O2. The fourth-order valence-corrected chi connectivity index (χ4v) is 2.45. The van der Waals surface area contributed by atoms with E-state index in [1.807, 2.05) is 75.4 Å². The fraction of sp³-hybridized carbons (Fsp3) is 0.316. The molecule has 0 amide bonds. The van der Waals surface area contributed by atoms with Crippen molar-refractivity contribution in [1.29, 1.82) is 0 Å². The molecule has 0 saturated heterocycles. The molecule has 0 saturated carbocycles. The summed E-state index contributed by atoms with van der Waals surface area (Å²) in [5.74, 6) is 0.803. The lowest BCUT2D eigenvalue weighted by molar-refractivity contribution is 0.0956. The van der Waals surface area contributed by atoms with Gasteiger partial charge >= 0.3 is 0 Å². The third-order valence-electron chi connectivity index (χ3n) is 3.42. The minimum atomic E-state index is -0.0968. The number of benzene rings is 2. The van der Waals surface area contributed by atoms with Crippen molar-refractivity contribution >= 4 is 5.78 Å². The quantitative estimate of drug-likeness (QED) is 0.708. The average Bonchev–Trinajstić information content (AvgIpc) is 2.48. The number of carbonyl (C=O) groups excluding carboxylic acids is 1. The Labute approximate surface area is 126 Å². The highest BCUT2D eigenvalue weighted by Crippen LogP contribution is 2.26. The van der Waals surface area contributed by atoms with Crippen LogP contribution in [0.25, 0.3) is 0 Å². The van der Waals surface area contributed by atoms with Crippen LogP contribution < -0.4 is 4.74 Å². The van der Waals surface area contributed by atoms with Crippen LogP contribution in [-0.4, -0.2) is 11.9 Å². The Morgan fingerprint density at radius 3 is 2.38 bits per heavy atom. The van der Waals surface area contributed by atoms with E-state index in [0.29, 0.717) is 5.56 Å². The van der Waals surface area contributed by atoms with Gasteiger partial charge in [0.2, 0.25) is 0 Å². The average molecular weight is 282 g/mol. The van der Waals surface area contributed by atoms with Gasteiger partial charge in [-0.2, -0.15) is 0 Å². The number of ether oxygens (including phenoxy) is 1. The van der Waals surface area contributed by atoms with Crippen LogP contribution >= 0.6 is 0 Å². The van der Waals surface area contributed by atoms with E-state index in [1.165, 1.54) is 0 Å². The lowest BCUT2D eigenvalue weighted by Gasteiger charge is -2.15. The second-order valence-electron chi connectivity index (χ2n) is 5.43. The molecule has 0 heterocycles. The van der Waals surface area contributed by atoms with Crippen molar-refractivity contribution in [2.75, 3.05) is 0 Å². The first-order valence-corrected chi connectivity index (χ1v) is 7.47. The van der Waals surface area contributed by atoms with E-state index in [9.17, 15) is 4.79 Å². The minimum absolute atomic E-state index is 0.0968. The van der Waals surface area contributed by atoms with E-state index in [-0.39, 0.29) is 17.8 Å². The largest absolute Gasteiger partial charge is 0.491 e. The molecule has 2 rings (SSSR count). The molecule has 21 heavy (non-hydrogen) atoms. The SMILES string of the molecule is CCC(C(=O)c1cccc(OC(C)C)c1)c1ccccc1. The van der Waals surface area contributed by atoms with Crippen LogP contribution in [0.15, 0.2) is 54.6 Å². The van der Waals surface area contributed by atoms with E-state index in [0.717, 1.165) is 17.7 Å². The van der Waals surface area contributed by atoms with Gasteiger partial charge in [-0.1, -0.05) is 49.4 Å².